The summed E-state index contributed by atoms with van der Waals surface area (Å²) in [5, 5.41) is 1.78. The fourth-order valence-electron chi connectivity index (χ4n) is 1.12. The van der Waals surface area contributed by atoms with Crippen molar-refractivity contribution in [1.29, 1.82) is 0 Å². The van der Waals surface area contributed by atoms with Gasteiger partial charge in [-0.05, 0) is 24.6 Å². The molecule has 0 bridgehead atoms. The van der Waals surface area contributed by atoms with E-state index in [2.05, 4.69) is 0 Å². The molecule has 0 unspecified atom stereocenters. The summed E-state index contributed by atoms with van der Waals surface area (Å²) in [5.74, 6) is 0. The zero-order valence-corrected chi connectivity index (χ0v) is 6.85. The standard InChI is InChI=1S/C9H7ClO/c1-6-2-3-8-7(9(6)10)4-5-11-8/h2-5H,1H3. The molecule has 1 aromatic heterocycles. The smallest absolute Gasteiger partial charge is 0.135 e. The van der Waals surface area contributed by atoms with Crippen LogP contribution in [0.15, 0.2) is 28.9 Å². The van der Waals surface area contributed by atoms with Crippen molar-refractivity contribution < 1.29 is 4.42 Å². The normalized spacial score (nSPS) is 10.7. The van der Waals surface area contributed by atoms with Crippen molar-refractivity contribution in [1.82, 2.24) is 0 Å². The molecule has 2 aromatic rings. The molecule has 0 atom stereocenters. The molecule has 0 fully saturated rings. The topological polar surface area (TPSA) is 13.1 Å². The van der Waals surface area contributed by atoms with Gasteiger partial charge in [-0.2, -0.15) is 0 Å². The van der Waals surface area contributed by atoms with Gasteiger partial charge in [0, 0.05) is 5.39 Å². The van der Waals surface area contributed by atoms with Crippen molar-refractivity contribution in [2.24, 2.45) is 0 Å². The first kappa shape index (κ1) is 6.74. The van der Waals surface area contributed by atoms with Crippen LogP contribution in [0.1, 0.15) is 5.56 Å². The van der Waals surface area contributed by atoms with Crippen LogP contribution in [0.5, 0.6) is 0 Å². The zero-order valence-electron chi connectivity index (χ0n) is 6.10. The molecule has 56 valence electrons. The van der Waals surface area contributed by atoms with Crippen LogP contribution in [0.4, 0.5) is 0 Å². The Morgan fingerprint density at radius 1 is 1.27 bits per heavy atom. The highest BCUT2D eigenvalue weighted by Gasteiger charge is 2.02. The molecule has 2 heteroatoms. The molecule has 0 N–H and O–H groups in total. The van der Waals surface area contributed by atoms with E-state index in [0.717, 1.165) is 21.6 Å². The Morgan fingerprint density at radius 3 is 2.91 bits per heavy atom. The second kappa shape index (κ2) is 2.28. The summed E-state index contributed by atoms with van der Waals surface area (Å²) in [7, 11) is 0. The lowest BCUT2D eigenvalue weighted by Gasteiger charge is -1.96. The first-order valence-electron chi connectivity index (χ1n) is 3.41. The van der Waals surface area contributed by atoms with Gasteiger partial charge < -0.3 is 4.42 Å². The van der Waals surface area contributed by atoms with E-state index in [1.807, 2.05) is 25.1 Å². The molecule has 0 aliphatic carbocycles. The van der Waals surface area contributed by atoms with Crippen molar-refractivity contribution >= 4 is 22.6 Å². The summed E-state index contributed by atoms with van der Waals surface area (Å²) in [6, 6.07) is 5.76. The van der Waals surface area contributed by atoms with Crippen LogP contribution >= 0.6 is 11.6 Å². The molecule has 0 aliphatic heterocycles. The molecule has 0 saturated carbocycles. The van der Waals surface area contributed by atoms with Crippen molar-refractivity contribution in [3.63, 3.8) is 0 Å². The molecule has 1 nitrogen and oxygen atoms in total. The van der Waals surface area contributed by atoms with Crippen molar-refractivity contribution in [3.05, 3.63) is 35.0 Å². The third-order valence-corrected chi connectivity index (χ3v) is 2.26. The van der Waals surface area contributed by atoms with Gasteiger partial charge in [0.25, 0.3) is 0 Å². The first-order chi connectivity index (χ1) is 5.29. The average Bonchev–Trinajstić information content (AvgIpc) is 2.45. The van der Waals surface area contributed by atoms with E-state index in [4.69, 9.17) is 16.0 Å². The minimum absolute atomic E-state index is 0.788. The van der Waals surface area contributed by atoms with Crippen LogP contribution in [0.3, 0.4) is 0 Å². The molecule has 2 rings (SSSR count). The summed E-state index contributed by atoms with van der Waals surface area (Å²) in [5.41, 5.74) is 1.93. The molecule has 0 amide bonds. The van der Waals surface area contributed by atoms with Crippen LogP contribution in [0.25, 0.3) is 11.0 Å². The summed E-state index contributed by atoms with van der Waals surface area (Å²) >= 11 is 6.01. The Balaban J connectivity index is 2.93. The highest BCUT2D eigenvalue weighted by atomic mass is 35.5. The molecule has 0 aliphatic rings. The number of furan rings is 1. The summed E-state index contributed by atoms with van der Waals surface area (Å²) in [6.45, 7) is 1.98. The second-order valence-corrected chi connectivity index (χ2v) is 2.91. The maximum Gasteiger partial charge on any atom is 0.135 e. The highest BCUT2D eigenvalue weighted by molar-refractivity contribution is 6.36. The fourth-order valence-corrected chi connectivity index (χ4v) is 1.34. The molecule has 0 saturated heterocycles. The predicted molar refractivity (Wildman–Crippen MR) is 46.0 cm³/mol. The maximum absolute atomic E-state index is 6.01. The van der Waals surface area contributed by atoms with Gasteiger partial charge in [0.1, 0.15) is 5.58 Å². The quantitative estimate of drug-likeness (QED) is 0.585. The number of fused-ring (bicyclic) bond motifs is 1. The largest absolute Gasteiger partial charge is 0.464 e. The molecule has 1 heterocycles. The van der Waals surface area contributed by atoms with E-state index in [1.165, 1.54) is 0 Å². The van der Waals surface area contributed by atoms with Crippen LogP contribution in [-0.4, -0.2) is 0 Å². The summed E-state index contributed by atoms with van der Waals surface area (Å²) in [6.07, 6.45) is 1.65. The van der Waals surface area contributed by atoms with Gasteiger partial charge in [0.15, 0.2) is 0 Å². The highest BCUT2D eigenvalue weighted by Crippen LogP contribution is 2.27. The second-order valence-electron chi connectivity index (χ2n) is 2.53. The Bertz CT molecular complexity index is 389. The average molecular weight is 167 g/mol. The van der Waals surface area contributed by atoms with Gasteiger partial charge >= 0.3 is 0 Å². The van der Waals surface area contributed by atoms with Gasteiger partial charge in [0.05, 0.1) is 11.3 Å². The molecular formula is C9H7ClO. The van der Waals surface area contributed by atoms with Gasteiger partial charge in [0.2, 0.25) is 0 Å². The number of hydrogen-bond donors (Lipinski definition) is 0. The lowest BCUT2D eigenvalue weighted by Crippen LogP contribution is -1.73. The van der Waals surface area contributed by atoms with E-state index in [9.17, 15) is 0 Å². The number of halogens is 1. The van der Waals surface area contributed by atoms with Gasteiger partial charge in [-0.3, -0.25) is 0 Å². The Hall–Kier alpha value is -0.950. The molecular weight excluding hydrogens is 160 g/mol. The van der Waals surface area contributed by atoms with Gasteiger partial charge in [-0.15, -0.1) is 0 Å². The fraction of sp³-hybridized carbons (Fsp3) is 0.111. The van der Waals surface area contributed by atoms with E-state index in [0.29, 0.717) is 0 Å². The molecule has 0 spiro atoms. The van der Waals surface area contributed by atoms with E-state index in [-0.39, 0.29) is 0 Å². The molecule has 0 radical (unpaired) electrons. The van der Waals surface area contributed by atoms with Crippen molar-refractivity contribution in [2.45, 2.75) is 6.92 Å². The SMILES string of the molecule is Cc1ccc2occc2c1Cl. The van der Waals surface area contributed by atoms with Crippen molar-refractivity contribution in [3.8, 4) is 0 Å². The zero-order chi connectivity index (χ0) is 7.84. The molecule has 11 heavy (non-hydrogen) atoms. The molecule has 1 aromatic carbocycles. The summed E-state index contributed by atoms with van der Waals surface area (Å²) < 4.78 is 5.17. The van der Waals surface area contributed by atoms with E-state index >= 15 is 0 Å². The van der Waals surface area contributed by atoms with Crippen LogP contribution in [0.2, 0.25) is 5.02 Å². The summed E-state index contributed by atoms with van der Waals surface area (Å²) in [4.78, 5) is 0. The minimum atomic E-state index is 0.788. The minimum Gasteiger partial charge on any atom is -0.464 e. The number of rotatable bonds is 0. The lowest BCUT2D eigenvalue weighted by atomic mass is 10.2. The van der Waals surface area contributed by atoms with Crippen LogP contribution < -0.4 is 0 Å². The first-order valence-corrected chi connectivity index (χ1v) is 3.79. The number of aryl methyl sites for hydroxylation is 1. The van der Waals surface area contributed by atoms with Crippen LogP contribution in [0, 0.1) is 6.92 Å². The maximum atomic E-state index is 6.01. The Labute approximate surface area is 69.6 Å². The van der Waals surface area contributed by atoms with E-state index < -0.39 is 0 Å². The van der Waals surface area contributed by atoms with Gasteiger partial charge in [-0.1, -0.05) is 17.7 Å². The number of hydrogen-bond acceptors (Lipinski definition) is 1. The van der Waals surface area contributed by atoms with Crippen LogP contribution in [-0.2, 0) is 0 Å². The monoisotopic (exact) mass is 166 g/mol. The third kappa shape index (κ3) is 0.925. The van der Waals surface area contributed by atoms with Crippen molar-refractivity contribution in [2.75, 3.05) is 0 Å². The lowest BCUT2D eigenvalue weighted by molar-refractivity contribution is 0.616. The Morgan fingerprint density at radius 2 is 2.09 bits per heavy atom. The number of benzene rings is 1. The van der Waals surface area contributed by atoms with Gasteiger partial charge in [-0.25, -0.2) is 0 Å². The third-order valence-electron chi connectivity index (χ3n) is 1.76. The predicted octanol–water partition coefficient (Wildman–Crippen LogP) is 3.39. The Kier molecular flexibility index (Phi) is 1.40. The van der Waals surface area contributed by atoms with E-state index in [1.54, 1.807) is 6.26 Å².